The molecule has 1 heterocycles. The van der Waals surface area contributed by atoms with Crippen molar-refractivity contribution in [3.05, 3.63) is 12.3 Å². The van der Waals surface area contributed by atoms with E-state index in [9.17, 15) is 4.79 Å². The molecule has 0 aliphatic carbocycles. The van der Waals surface area contributed by atoms with Crippen molar-refractivity contribution in [3.63, 3.8) is 0 Å². The molecule has 0 fully saturated rings. The lowest BCUT2D eigenvalue weighted by molar-refractivity contribution is -0.136. The molecule has 6 heteroatoms. The van der Waals surface area contributed by atoms with E-state index < -0.39 is 6.73 Å². The zero-order chi connectivity index (χ0) is 7.28. The van der Waals surface area contributed by atoms with E-state index in [0.717, 1.165) is 0 Å². The van der Waals surface area contributed by atoms with Crippen LogP contribution < -0.4 is 0 Å². The van der Waals surface area contributed by atoms with Crippen molar-refractivity contribution in [2.75, 3.05) is 0 Å². The Hall–Kier alpha value is 0.297. The third-order valence-corrected chi connectivity index (χ3v) is 0.388. The van der Waals surface area contributed by atoms with Gasteiger partial charge in [-0.05, 0) is 0 Å². The Morgan fingerprint density at radius 3 is 1.67 bits per heavy atom. The van der Waals surface area contributed by atoms with Crippen molar-refractivity contribution < 1.29 is 9.53 Å². The van der Waals surface area contributed by atoms with E-state index in [-0.39, 0.29) is 5.97 Å². The first-order valence-corrected chi connectivity index (χ1v) is 7.16. The highest BCUT2D eigenvalue weighted by atomic mass is 35.8. The Morgan fingerprint density at radius 1 is 1.44 bits per heavy atom. The maximum Gasteiger partial charge on any atom is 0.338 e. The SMILES string of the molecule is Cl[SiH](Cl)Cl.O=C1C=CO1. The molecule has 0 N–H and O–H groups in total. The van der Waals surface area contributed by atoms with E-state index >= 15 is 0 Å². The molecule has 0 unspecified atom stereocenters. The first-order chi connectivity index (χ1) is 4.13. The number of cyclic esters (lactones) is 1. The summed E-state index contributed by atoms with van der Waals surface area (Å²) in [5.41, 5.74) is 0. The highest BCUT2D eigenvalue weighted by Crippen LogP contribution is 1.97. The summed E-state index contributed by atoms with van der Waals surface area (Å²) in [5.74, 6) is -0.245. The summed E-state index contributed by atoms with van der Waals surface area (Å²) < 4.78 is 4.11. The molecule has 0 atom stereocenters. The van der Waals surface area contributed by atoms with Crippen LogP contribution >= 0.6 is 33.2 Å². The topological polar surface area (TPSA) is 26.3 Å². The smallest absolute Gasteiger partial charge is 0.338 e. The summed E-state index contributed by atoms with van der Waals surface area (Å²) in [4.78, 5) is 9.59. The Labute approximate surface area is 68.1 Å². The van der Waals surface area contributed by atoms with Gasteiger partial charge < -0.3 is 4.74 Å². The normalized spacial score (nSPS) is 13.6. The number of rotatable bonds is 0. The van der Waals surface area contributed by atoms with Gasteiger partial charge in [0.05, 0.1) is 6.08 Å². The lowest BCUT2D eigenvalue weighted by Crippen LogP contribution is -2.01. The first-order valence-electron chi connectivity index (χ1n) is 1.92. The number of esters is 1. The van der Waals surface area contributed by atoms with Crippen molar-refractivity contribution in [1.82, 2.24) is 0 Å². The van der Waals surface area contributed by atoms with E-state index in [1.165, 1.54) is 12.3 Å². The zero-order valence-corrected chi connectivity index (χ0v) is 7.60. The molecular weight excluding hydrogens is 202 g/mol. The Balaban J connectivity index is 0.000000148. The quantitative estimate of drug-likeness (QED) is 0.340. The van der Waals surface area contributed by atoms with Gasteiger partial charge in [-0.3, -0.25) is 0 Å². The standard InChI is InChI=1S/C3H2O2.Cl3HSi/c4-3-1-2-5-3;1-4(2)3/h1-2H;4H. The maximum atomic E-state index is 9.59. The van der Waals surface area contributed by atoms with Gasteiger partial charge >= 0.3 is 12.7 Å². The van der Waals surface area contributed by atoms with Crippen molar-refractivity contribution in [3.8, 4) is 0 Å². The Morgan fingerprint density at radius 2 is 1.67 bits per heavy atom. The number of ether oxygens (including phenoxy) is 1. The van der Waals surface area contributed by atoms with Gasteiger partial charge in [0, 0.05) is 0 Å². The number of hydrogen-bond acceptors (Lipinski definition) is 2. The van der Waals surface area contributed by atoms with Gasteiger partial charge in [-0.1, -0.05) is 0 Å². The molecule has 52 valence electrons. The minimum absolute atomic E-state index is 0.245. The van der Waals surface area contributed by atoms with Crippen LogP contribution in [-0.2, 0) is 9.53 Å². The fourth-order valence-corrected chi connectivity index (χ4v) is 0.124. The molecule has 0 spiro atoms. The summed E-state index contributed by atoms with van der Waals surface area (Å²) in [7, 11) is 0. The molecule has 0 saturated carbocycles. The molecule has 1 aliphatic rings. The van der Waals surface area contributed by atoms with Gasteiger partial charge in [0.1, 0.15) is 6.26 Å². The van der Waals surface area contributed by atoms with E-state index in [1.54, 1.807) is 0 Å². The van der Waals surface area contributed by atoms with Crippen LogP contribution in [-0.4, -0.2) is 12.7 Å². The van der Waals surface area contributed by atoms with Crippen LogP contribution in [0, 0.1) is 0 Å². The van der Waals surface area contributed by atoms with Gasteiger partial charge in [-0.25, -0.2) is 4.79 Å². The molecule has 0 radical (unpaired) electrons. The van der Waals surface area contributed by atoms with Crippen molar-refractivity contribution in [1.29, 1.82) is 0 Å². The summed E-state index contributed by atoms with van der Waals surface area (Å²) in [5, 5.41) is 0. The summed E-state index contributed by atoms with van der Waals surface area (Å²) in [6.45, 7) is -1.72. The molecule has 9 heavy (non-hydrogen) atoms. The van der Waals surface area contributed by atoms with Crippen molar-refractivity contribution in [2.24, 2.45) is 0 Å². The predicted octanol–water partition coefficient (Wildman–Crippen LogP) is 1.48. The molecule has 0 amide bonds. The van der Waals surface area contributed by atoms with Crippen LogP contribution in [0.5, 0.6) is 0 Å². The Bertz CT molecular complexity index is 121. The van der Waals surface area contributed by atoms with Crippen molar-refractivity contribution in [2.45, 2.75) is 0 Å². The fraction of sp³-hybridized carbons (Fsp3) is 0. The molecule has 0 bridgehead atoms. The average molecular weight is 206 g/mol. The predicted molar refractivity (Wildman–Crippen MR) is 39.9 cm³/mol. The second-order valence-electron chi connectivity index (χ2n) is 0.987. The number of hydrogen-bond donors (Lipinski definition) is 0. The van der Waals surface area contributed by atoms with Crippen LogP contribution in [0.2, 0.25) is 0 Å². The van der Waals surface area contributed by atoms with Gasteiger partial charge in [-0.15, -0.1) is 33.2 Å². The molecule has 0 aromatic rings. The summed E-state index contributed by atoms with van der Waals surface area (Å²) in [6, 6.07) is 0. The monoisotopic (exact) mass is 204 g/mol. The van der Waals surface area contributed by atoms with Gasteiger partial charge in [-0.2, -0.15) is 0 Å². The van der Waals surface area contributed by atoms with E-state index in [2.05, 4.69) is 4.74 Å². The second-order valence-corrected chi connectivity index (χ2v) is 7.42. The van der Waals surface area contributed by atoms with Crippen LogP contribution in [0.25, 0.3) is 0 Å². The minimum Gasteiger partial charge on any atom is -0.431 e. The van der Waals surface area contributed by atoms with Gasteiger partial charge in [0.25, 0.3) is 0 Å². The highest BCUT2D eigenvalue weighted by Gasteiger charge is 1.99. The van der Waals surface area contributed by atoms with E-state index in [0.29, 0.717) is 0 Å². The van der Waals surface area contributed by atoms with Crippen LogP contribution in [0.1, 0.15) is 0 Å². The number of carbonyl (C=O) groups is 1. The van der Waals surface area contributed by atoms with Crippen LogP contribution in [0.4, 0.5) is 0 Å². The first kappa shape index (κ1) is 9.30. The molecule has 1 rings (SSSR count). The molecule has 0 aromatic carbocycles. The third-order valence-electron chi connectivity index (χ3n) is 0.388. The Kier molecular flexibility index (Phi) is 5.28. The average Bonchev–Trinajstić information content (AvgIpc) is 1.59. The largest absolute Gasteiger partial charge is 0.431 e. The molecule has 1 aliphatic heterocycles. The zero-order valence-electron chi connectivity index (χ0n) is 4.18. The number of carbonyl (C=O) groups excluding carboxylic acids is 1. The summed E-state index contributed by atoms with van der Waals surface area (Å²) in [6.07, 6.45) is 2.71. The number of halogens is 3. The second kappa shape index (κ2) is 5.11. The highest BCUT2D eigenvalue weighted by molar-refractivity contribution is 7.54. The van der Waals surface area contributed by atoms with E-state index in [1.807, 2.05) is 0 Å². The molecule has 0 aromatic heterocycles. The fourth-order valence-electron chi connectivity index (χ4n) is 0.124. The third kappa shape index (κ3) is 8.30. The molecular formula is C3H3Cl3O2Si. The van der Waals surface area contributed by atoms with Gasteiger partial charge in [0.2, 0.25) is 0 Å². The maximum absolute atomic E-state index is 9.59. The lowest BCUT2D eigenvalue weighted by Gasteiger charge is -1.96. The van der Waals surface area contributed by atoms with E-state index in [4.69, 9.17) is 33.2 Å². The van der Waals surface area contributed by atoms with Crippen LogP contribution in [0.15, 0.2) is 12.3 Å². The van der Waals surface area contributed by atoms with Crippen molar-refractivity contribution >= 4 is 45.9 Å². The van der Waals surface area contributed by atoms with Crippen LogP contribution in [0.3, 0.4) is 0 Å². The molecule has 0 saturated heterocycles. The van der Waals surface area contributed by atoms with Gasteiger partial charge in [0.15, 0.2) is 0 Å². The molecule has 2 nitrogen and oxygen atoms in total. The minimum atomic E-state index is -1.72. The summed E-state index contributed by atoms with van der Waals surface area (Å²) >= 11 is 14.8. The lowest BCUT2D eigenvalue weighted by atomic mass is 10.6.